The first-order valence-corrected chi connectivity index (χ1v) is 6.70. The number of rotatable bonds is 3. The van der Waals surface area contributed by atoms with Crippen LogP contribution < -0.4 is 0 Å². The van der Waals surface area contributed by atoms with Gasteiger partial charge in [-0.1, -0.05) is 13.0 Å². The fourth-order valence-corrected chi connectivity index (χ4v) is 2.47. The maximum atomic E-state index is 11.5. The van der Waals surface area contributed by atoms with Crippen LogP contribution in [-0.4, -0.2) is 27.8 Å². The van der Waals surface area contributed by atoms with Crippen LogP contribution >= 0.6 is 0 Å². The predicted molar refractivity (Wildman–Crippen MR) is 60.3 cm³/mol. The Hall–Kier alpha value is -1.36. The molecule has 1 aromatic rings. The van der Waals surface area contributed by atoms with Crippen molar-refractivity contribution in [3.8, 4) is 0 Å². The Morgan fingerprint density at radius 1 is 1.38 bits per heavy atom. The normalized spacial score (nSPS) is 11.2. The molecule has 16 heavy (non-hydrogen) atoms. The maximum Gasteiger partial charge on any atom is 0.337 e. The molecule has 0 aliphatic heterocycles. The van der Waals surface area contributed by atoms with E-state index in [1.165, 1.54) is 13.2 Å². The van der Waals surface area contributed by atoms with E-state index >= 15 is 0 Å². The molecular formula is C11H14O4S. The van der Waals surface area contributed by atoms with E-state index in [4.69, 9.17) is 0 Å². The lowest BCUT2D eigenvalue weighted by molar-refractivity contribution is 0.0600. The standard InChI is InChI=1S/C11H14O4S/c1-4-8-5-6-9(11(12)15-2)7-10(8)16(3,13)14/h5-7H,4H2,1-3H3. The molecule has 5 heteroatoms. The number of carbonyl (C=O) groups is 1. The Labute approximate surface area is 95.2 Å². The van der Waals surface area contributed by atoms with Crippen LogP contribution in [0.2, 0.25) is 0 Å². The van der Waals surface area contributed by atoms with Crippen molar-refractivity contribution >= 4 is 15.8 Å². The fraction of sp³-hybridized carbons (Fsp3) is 0.364. The van der Waals surface area contributed by atoms with E-state index in [-0.39, 0.29) is 10.5 Å². The highest BCUT2D eigenvalue weighted by atomic mass is 32.2. The number of benzene rings is 1. The van der Waals surface area contributed by atoms with Gasteiger partial charge in [-0.25, -0.2) is 13.2 Å². The van der Waals surface area contributed by atoms with Crippen LogP contribution in [0.1, 0.15) is 22.8 Å². The summed E-state index contributed by atoms with van der Waals surface area (Å²) in [6, 6.07) is 4.57. The largest absolute Gasteiger partial charge is 0.465 e. The predicted octanol–water partition coefficient (Wildman–Crippen LogP) is 1.44. The molecule has 0 heterocycles. The van der Waals surface area contributed by atoms with E-state index in [0.29, 0.717) is 12.0 Å². The van der Waals surface area contributed by atoms with Crippen molar-refractivity contribution in [3.05, 3.63) is 29.3 Å². The Morgan fingerprint density at radius 2 is 2.00 bits per heavy atom. The Kier molecular flexibility index (Phi) is 3.70. The van der Waals surface area contributed by atoms with Crippen molar-refractivity contribution in [1.29, 1.82) is 0 Å². The van der Waals surface area contributed by atoms with Gasteiger partial charge in [-0.05, 0) is 24.1 Å². The highest BCUT2D eigenvalue weighted by Gasteiger charge is 2.15. The minimum absolute atomic E-state index is 0.193. The highest BCUT2D eigenvalue weighted by molar-refractivity contribution is 7.90. The van der Waals surface area contributed by atoms with Gasteiger partial charge in [0, 0.05) is 6.26 Å². The summed E-state index contributed by atoms with van der Waals surface area (Å²) in [5, 5.41) is 0. The molecule has 0 aliphatic carbocycles. The van der Waals surface area contributed by atoms with Crippen molar-refractivity contribution in [2.75, 3.05) is 13.4 Å². The Morgan fingerprint density at radius 3 is 2.44 bits per heavy atom. The molecule has 0 saturated heterocycles. The molecule has 0 fully saturated rings. The van der Waals surface area contributed by atoms with Crippen molar-refractivity contribution in [1.82, 2.24) is 0 Å². The molecule has 1 rings (SSSR count). The second kappa shape index (κ2) is 4.65. The van der Waals surface area contributed by atoms with Crippen molar-refractivity contribution in [2.24, 2.45) is 0 Å². The summed E-state index contributed by atoms with van der Waals surface area (Å²) in [4.78, 5) is 11.5. The van der Waals surface area contributed by atoms with Crippen LogP contribution in [0.5, 0.6) is 0 Å². The second-order valence-electron chi connectivity index (χ2n) is 3.44. The first-order chi connectivity index (χ1) is 7.40. The molecule has 0 aliphatic rings. The topological polar surface area (TPSA) is 60.4 Å². The molecule has 4 nitrogen and oxygen atoms in total. The van der Waals surface area contributed by atoms with Crippen LogP contribution in [-0.2, 0) is 21.0 Å². The smallest absolute Gasteiger partial charge is 0.337 e. The number of hydrogen-bond acceptors (Lipinski definition) is 4. The minimum atomic E-state index is -3.32. The van der Waals surface area contributed by atoms with E-state index in [1.807, 2.05) is 6.92 Å². The number of ether oxygens (including phenoxy) is 1. The van der Waals surface area contributed by atoms with Crippen molar-refractivity contribution in [3.63, 3.8) is 0 Å². The maximum absolute atomic E-state index is 11.5. The number of carbonyl (C=O) groups excluding carboxylic acids is 1. The lowest BCUT2D eigenvalue weighted by atomic mass is 10.1. The third kappa shape index (κ3) is 2.61. The molecule has 0 amide bonds. The monoisotopic (exact) mass is 242 g/mol. The molecule has 0 bridgehead atoms. The summed E-state index contributed by atoms with van der Waals surface area (Å²) in [6.07, 6.45) is 1.73. The SMILES string of the molecule is CCc1ccc(C(=O)OC)cc1S(C)(=O)=O. The summed E-state index contributed by atoms with van der Waals surface area (Å²) >= 11 is 0. The summed E-state index contributed by atoms with van der Waals surface area (Å²) in [5.41, 5.74) is 0.954. The van der Waals surface area contributed by atoms with Gasteiger partial charge in [0.1, 0.15) is 0 Å². The van der Waals surface area contributed by atoms with Gasteiger partial charge < -0.3 is 4.74 Å². The molecule has 0 atom stereocenters. The summed E-state index contributed by atoms with van der Waals surface area (Å²) in [5.74, 6) is -0.535. The van der Waals surface area contributed by atoms with Crippen LogP contribution in [0.15, 0.2) is 23.1 Å². The van der Waals surface area contributed by atoms with Crippen LogP contribution in [0.25, 0.3) is 0 Å². The average molecular weight is 242 g/mol. The molecule has 0 aromatic heterocycles. The Bertz CT molecular complexity index is 503. The number of esters is 1. The quantitative estimate of drug-likeness (QED) is 0.752. The zero-order valence-corrected chi connectivity index (χ0v) is 10.3. The first-order valence-electron chi connectivity index (χ1n) is 4.81. The van der Waals surface area contributed by atoms with Crippen LogP contribution in [0.4, 0.5) is 0 Å². The Balaban J connectivity index is 3.39. The van der Waals surface area contributed by atoms with E-state index in [1.54, 1.807) is 12.1 Å². The van der Waals surface area contributed by atoms with Crippen LogP contribution in [0.3, 0.4) is 0 Å². The van der Waals surface area contributed by atoms with Crippen molar-refractivity contribution < 1.29 is 17.9 Å². The van der Waals surface area contributed by atoms with Crippen molar-refractivity contribution in [2.45, 2.75) is 18.2 Å². The van der Waals surface area contributed by atoms with Gasteiger partial charge >= 0.3 is 5.97 Å². The average Bonchev–Trinajstić information content (AvgIpc) is 2.26. The van der Waals surface area contributed by atoms with Gasteiger partial charge in [-0.2, -0.15) is 0 Å². The van der Waals surface area contributed by atoms with Gasteiger partial charge in [-0.15, -0.1) is 0 Å². The van der Waals surface area contributed by atoms with Gasteiger partial charge in [0.2, 0.25) is 0 Å². The van der Waals surface area contributed by atoms with Gasteiger partial charge in [0.25, 0.3) is 0 Å². The van der Waals surface area contributed by atoms with E-state index in [0.717, 1.165) is 6.26 Å². The molecule has 0 radical (unpaired) electrons. The number of sulfone groups is 1. The number of methoxy groups -OCH3 is 1. The summed E-state index contributed by atoms with van der Waals surface area (Å²) in [7, 11) is -2.06. The first kappa shape index (κ1) is 12.7. The molecule has 1 aromatic carbocycles. The molecule has 88 valence electrons. The fourth-order valence-electron chi connectivity index (χ4n) is 1.44. The number of hydrogen-bond donors (Lipinski definition) is 0. The number of aryl methyl sites for hydroxylation is 1. The lowest BCUT2D eigenvalue weighted by Crippen LogP contribution is -2.07. The zero-order valence-electron chi connectivity index (χ0n) is 9.48. The lowest BCUT2D eigenvalue weighted by Gasteiger charge is -2.07. The minimum Gasteiger partial charge on any atom is -0.465 e. The van der Waals surface area contributed by atoms with Gasteiger partial charge in [-0.3, -0.25) is 0 Å². The summed E-state index contributed by atoms with van der Waals surface area (Å²) < 4.78 is 27.6. The molecular weight excluding hydrogens is 228 g/mol. The zero-order chi connectivity index (χ0) is 12.3. The highest BCUT2D eigenvalue weighted by Crippen LogP contribution is 2.18. The molecule has 0 N–H and O–H groups in total. The van der Waals surface area contributed by atoms with Crippen LogP contribution in [0, 0.1) is 0 Å². The summed E-state index contributed by atoms with van der Waals surface area (Å²) in [6.45, 7) is 1.86. The molecule has 0 spiro atoms. The molecule has 0 saturated carbocycles. The third-order valence-electron chi connectivity index (χ3n) is 2.27. The van der Waals surface area contributed by atoms with Gasteiger partial charge in [0.05, 0.1) is 17.6 Å². The molecule has 0 unspecified atom stereocenters. The van der Waals surface area contributed by atoms with E-state index in [2.05, 4.69) is 4.74 Å². The second-order valence-corrected chi connectivity index (χ2v) is 5.42. The van der Waals surface area contributed by atoms with Gasteiger partial charge in [0.15, 0.2) is 9.84 Å². The third-order valence-corrected chi connectivity index (χ3v) is 3.45. The van der Waals surface area contributed by atoms with E-state index < -0.39 is 15.8 Å². The van der Waals surface area contributed by atoms with E-state index in [9.17, 15) is 13.2 Å².